The van der Waals surface area contributed by atoms with Gasteiger partial charge in [-0.2, -0.15) is 5.10 Å². The van der Waals surface area contributed by atoms with Gasteiger partial charge in [-0.15, -0.1) is 0 Å². The van der Waals surface area contributed by atoms with Gasteiger partial charge >= 0.3 is 6.03 Å². The van der Waals surface area contributed by atoms with Gasteiger partial charge in [0.25, 0.3) is 0 Å². The topological polar surface area (TPSA) is 89.1 Å². The molecule has 3 unspecified atom stereocenters. The van der Waals surface area contributed by atoms with E-state index in [1.165, 1.54) is 0 Å². The summed E-state index contributed by atoms with van der Waals surface area (Å²) in [6.07, 6.45) is 5.98. The van der Waals surface area contributed by atoms with E-state index in [4.69, 9.17) is 5.73 Å². The average molecular weight is 340 g/mol. The minimum absolute atomic E-state index is 0.0809. The van der Waals surface area contributed by atoms with Crippen molar-refractivity contribution in [3.05, 3.63) is 30.2 Å². The molecule has 4 rings (SSSR count). The summed E-state index contributed by atoms with van der Waals surface area (Å²) in [6.45, 7) is 3.50. The van der Waals surface area contributed by atoms with Crippen LogP contribution >= 0.6 is 0 Å². The number of aromatic nitrogens is 3. The van der Waals surface area contributed by atoms with E-state index < -0.39 is 0 Å². The fourth-order valence-corrected chi connectivity index (χ4v) is 4.16. The number of rotatable bonds is 2. The maximum atomic E-state index is 12.5. The van der Waals surface area contributed by atoms with Crippen molar-refractivity contribution in [2.24, 2.45) is 24.6 Å². The van der Waals surface area contributed by atoms with E-state index in [0.29, 0.717) is 17.7 Å². The fraction of sp³-hybridized carbons (Fsp3) is 0.500. The van der Waals surface area contributed by atoms with Gasteiger partial charge in [-0.3, -0.25) is 10.00 Å². The van der Waals surface area contributed by atoms with Crippen LogP contribution in [-0.2, 0) is 7.05 Å². The number of carbonyl (C=O) groups excluding carboxylic acids is 1. The van der Waals surface area contributed by atoms with Gasteiger partial charge < -0.3 is 10.6 Å². The number of amides is 2. The van der Waals surface area contributed by atoms with Crippen LogP contribution in [0.3, 0.4) is 0 Å². The van der Waals surface area contributed by atoms with Crippen LogP contribution < -0.4 is 11.1 Å². The lowest BCUT2D eigenvalue weighted by atomic mass is 9.98. The summed E-state index contributed by atoms with van der Waals surface area (Å²) in [4.78, 5) is 19.0. The summed E-state index contributed by atoms with van der Waals surface area (Å²) < 4.78 is 1.76. The monoisotopic (exact) mass is 340 g/mol. The lowest BCUT2D eigenvalue weighted by Gasteiger charge is -2.19. The minimum atomic E-state index is -0.0809. The van der Waals surface area contributed by atoms with Crippen LogP contribution in [0.15, 0.2) is 24.5 Å². The number of urea groups is 1. The predicted molar refractivity (Wildman–Crippen MR) is 96.0 cm³/mol. The molecule has 2 fully saturated rings. The molecule has 1 aliphatic heterocycles. The molecule has 7 heteroatoms. The number of carbonyl (C=O) groups is 1. The Kier molecular flexibility index (Phi) is 3.95. The Labute approximate surface area is 147 Å². The molecule has 0 aromatic carbocycles. The molecule has 0 spiro atoms. The molecule has 2 aromatic rings. The van der Waals surface area contributed by atoms with Crippen LogP contribution in [-0.4, -0.2) is 44.8 Å². The van der Waals surface area contributed by atoms with Gasteiger partial charge in [-0.05, 0) is 43.7 Å². The van der Waals surface area contributed by atoms with Gasteiger partial charge in [0, 0.05) is 49.2 Å². The van der Waals surface area contributed by atoms with Crippen molar-refractivity contribution in [2.45, 2.75) is 25.8 Å². The lowest BCUT2D eigenvalue weighted by Crippen LogP contribution is -2.36. The number of aryl methyl sites for hydroxylation is 2. The second-order valence-corrected chi connectivity index (χ2v) is 7.23. The number of hydrogen-bond acceptors (Lipinski definition) is 4. The van der Waals surface area contributed by atoms with Gasteiger partial charge in [0.15, 0.2) is 0 Å². The van der Waals surface area contributed by atoms with Crippen LogP contribution in [0.25, 0.3) is 11.1 Å². The number of nitrogens with zero attached hydrogens (tertiary/aromatic N) is 4. The van der Waals surface area contributed by atoms with Crippen molar-refractivity contribution >= 4 is 11.8 Å². The zero-order chi connectivity index (χ0) is 17.6. The number of pyridine rings is 1. The second-order valence-electron chi connectivity index (χ2n) is 7.23. The molecule has 2 amide bonds. The highest BCUT2D eigenvalue weighted by Gasteiger charge is 2.42. The van der Waals surface area contributed by atoms with E-state index in [2.05, 4.69) is 15.4 Å². The van der Waals surface area contributed by atoms with Gasteiger partial charge in [-0.25, -0.2) is 9.78 Å². The van der Waals surface area contributed by atoms with Crippen LogP contribution in [0.5, 0.6) is 0 Å². The SMILES string of the molecule is Cc1nc(NC(=O)N2CC3CCC(N)C3C2)ccc1-c1cnn(C)c1. The molecule has 1 saturated heterocycles. The second kappa shape index (κ2) is 6.15. The van der Waals surface area contributed by atoms with E-state index in [0.717, 1.165) is 42.8 Å². The van der Waals surface area contributed by atoms with Crippen molar-refractivity contribution in [3.63, 3.8) is 0 Å². The molecule has 7 nitrogen and oxygen atoms in total. The molecule has 0 bridgehead atoms. The number of fused-ring (bicyclic) bond motifs is 1. The Hall–Kier alpha value is -2.41. The molecule has 1 aliphatic carbocycles. The van der Waals surface area contributed by atoms with E-state index in [1.807, 2.05) is 43.4 Å². The first kappa shape index (κ1) is 16.1. The Balaban J connectivity index is 1.44. The number of hydrogen-bond donors (Lipinski definition) is 2. The van der Waals surface area contributed by atoms with E-state index in [-0.39, 0.29) is 12.1 Å². The summed E-state index contributed by atoms with van der Waals surface area (Å²) in [6, 6.07) is 3.98. The van der Waals surface area contributed by atoms with Crippen molar-refractivity contribution in [1.82, 2.24) is 19.7 Å². The summed E-state index contributed by atoms with van der Waals surface area (Å²) in [5, 5.41) is 7.12. The van der Waals surface area contributed by atoms with E-state index >= 15 is 0 Å². The molecule has 2 aromatic heterocycles. The number of nitrogens with two attached hydrogens (primary N) is 1. The largest absolute Gasteiger partial charge is 0.327 e. The molecule has 3 atom stereocenters. The van der Waals surface area contributed by atoms with Crippen LogP contribution in [0.1, 0.15) is 18.5 Å². The molecular weight excluding hydrogens is 316 g/mol. The number of anilines is 1. The molecular formula is C18H24N6O. The normalized spacial score (nSPS) is 25.2. The van der Waals surface area contributed by atoms with Crippen molar-refractivity contribution < 1.29 is 4.79 Å². The number of likely N-dealkylation sites (tertiary alicyclic amines) is 1. The van der Waals surface area contributed by atoms with Crippen molar-refractivity contribution in [3.8, 4) is 11.1 Å². The highest BCUT2D eigenvalue weighted by molar-refractivity contribution is 5.89. The zero-order valence-corrected chi connectivity index (χ0v) is 14.6. The molecule has 0 radical (unpaired) electrons. The standard InChI is InChI=1S/C18H24N6O/c1-11-14(13-7-20-23(2)8-13)4-6-17(21-11)22-18(25)24-9-12-3-5-16(19)15(12)10-24/h4,6-8,12,15-16H,3,5,9-10,19H2,1-2H3,(H,21,22,25). The van der Waals surface area contributed by atoms with E-state index in [1.54, 1.807) is 4.68 Å². The third-order valence-electron chi connectivity index (χ3n) is 5.54. The summed E-state index contributed by atoms with van der Waals surface area (Å²) in [5.74, 6) is 1.59. The third kappa shape index (κ3) is 3.00. The van der Waals surface area contributed by atoms with Crippen LogP contribution in [0, 0.1) is 18.8 Å². The predicted octanol–water partition coefficient (Wildman–Crippen LogP) is 1.99. The van der Waals surface area contributed by atoms with Crippen LogP contribution in [0.2, 0.25) is 0 Å². The average Bonchev–Trinajstić information content (AvgIpc) is 3.26. The summed E-state index contributed by atoms with van der Waals surface area (Å²) >= 11 is 0. The van der Waals surface area contributed by atoms with E-state index in [9.17, 15) is 4.79 Å². The van der Waals surface area contributed by atoms with Gasteiger partial charge in [0.05, 0.1) is 6.20 Å². The van der Waals surface area contributed by atoms with Crippen molar-refractivity contribution in [1.29, 1.82) is 0 Å². The van der Waals surface area contributed by atoms with Gasteiger partial charge in [-0.1, -0.05) is 0 Å². The van der Waals surface area contributed by atoms with Gasteiger partial charge in [0.2, 0.25) is 0 Å². The lowest BCUT2D eigenvalue weighted by molar-refractivity contribution is 0.218. The third-order valence-corrected chi connectivity index (χ3v) is 5.54. The zero-order valence-electron chi connectivity index (χ0n) is 14.6. The molecule has 132 valence electrons. The van der Waals surface area contributed by atoms with Crippen LogP contribution in [0.4, 0.5) is 10.6 Å². The number of nitrogens with one attached hydrogen (secondary N) is 1. The Morgan fingerprint density at radius 1 is 1.32 bits per heavy atom. The highest BCUT2D eigenvalue weighted by Crippen LogP contribution is 2.37. The fourth-order valence-electron chi connectivity index (χ4n) is 4.16. The first-order valence-corrected chi connectivity index (χ1v) is 8.79. The maximum Gasteiger partial charge on any atom is 0.323 e. The Morgan fingerprint density at radius 3 is 2.84 bits per heavy atom. The quantitative estimate of drug-likeness (QED) is 0.875. The van der Waals surface area contributed by atoms with Crippen molar-refractivity contribution in [2.75, 3.05) is 18.4 Å². The smallest absolute Gasteiger partial charge is 0.323 e. The maximum absolute atomic E-state index is 12.5. The molecule has 3 N–H and O–H groups in total. The summed E-state index contributed by atoms with van der Waals surface area (Å²) in [7, 11) is 1.89. The molecule has 2 aliphatic rings. The first-order chi connectivity index (χ1) is 12.0. The Morgan fingerprint density at radius 2 is 2.16 bits per heavy atom. The minimum Gasteiger partial charge on any atom is -0.327 e. The Bertz CT molecular complexity index is 801. The van der Waals surface area contributed by atoms with Gasteiger partial charge in [0.1, 0.15) is 5.82 Å². The molecule has 3 heterocycles. The molecule has 25 heavy (non-hydrogen) atoms. The first-order valence-electron chi connectivity index (χ1n) is 8.79. The summed E-state index contributed by atoms with van der Waals surface area (Å²) in [5.41, 5.74) is 9.06. The molecule has 1 saturated carbocycles. The highest BCUT2D eigenvalue weighted by atomic mass is 16.2.